The zero-order valence-corrected chi connectivity index (χ0v) is 83.6. The number of hydrogen-bond acceptors (Lipinski definition) is 21. The molecule has 0 radical (unpaired) electrons. The predicted octanol–water partition coefficient (Wildman–Crippen LogP) is 22.9. The molecule has 2 fully saturated rings. The highest BCUT2D eigenvalue weighted by Crippen LogP contribution is 2.44. The van der Waals surface area contributed by atoms with Crippen molar-refractivity contribution in [2.75, 3.05) is 13.2 Å². The molecule has 0 unspecified atom stereocenters. The van der Waals surface area contributed by atoms with E-state index in [9.17, 15) is 68.3 Å². The fourth-order valence-corrected chi connectivity index (χ4v) is 18.7. The summed E-state index contributed by atoms with van der Waals surface area (Å²) in [5, 5.41) is 51.7. The number of unbranched alkanes of at least 4 members (excludes halogenated alkanes) is 56. The number of phosphoric acid groups is 2. The summed E-state index contributed by atoms with van der Waals surface area (Å²) in [4.78, 5) is 129. The highest BCUT2D eigenvalue weighted by molar-refractivity contribution is 7.46. The molecule has 0 aromatic heterocycles. The number of carbonyl (C=O) groups is 6. The third-order valence-electron chi connectivity index (χ3n) is 25.4. The number of esters is 4. The molecule has 2 heterocycles. The van der Waals surface area contributed by atoms with Crippen LogP contribution >= 0.6 is 15.6 Å². The van der Waals surface area contributed by atoms with Gasteiger partial charge in [0.1, 0.15) is 48.7 Å². The third kappa shape index (κ3) is 66.8. The summed E-state index contributed by atoms with van der Waals surface area (Å²) in [5.74, 6) is -5.03. The Labute approximate surface area is 780 Å². The average Bonchev–Trinajstić information content (AvgIpc) is 0.770. The minimum absolute atomic E-state index is 0.0790. The van der Waals surface area contributed by atoms with Crippen molar-refractivity contribution in [3.8, 4) is 0 Å². The van der Waals surface area contributed by atoms with Gasteiger partial charge < -0.3 is 83.8 Å². The lowest BCUT2D eigenvalue weighted by Gasteiger charge is -2.47. The molecule has 29 heteroatoms. The van der Waals surface area contributed by atoms with Crippen LogP contribution in [0.5, 0.6) is 0 Å². The number of aliphatic hydroxyl groups is 4. The van der Waals surface area contributed by atoms with Crippen molar-refractivity contribution in [3.63, 3.8) is 0 Å². The van der Waals surface area contributed by atoms with E-state index in [1.165, 1.54) is 109 Å². The van der Waals surface area contributed by atoms with Gasteiger partial charge in [0.15, 0.2) is 24.8 Å². The summed E-state index contributed by atoms with van der Waals surface area (Å²) in [6.45, 7) is 11.0. The van der Waals surface area contributed by atoms with Gasteiger partial charge >= 0.3 is 39.5 Å². The molecule has 2 saturated heterocycles. The van der Waals surface area contributed by atoms with Crippen molar-refractivity contribution < 1.29 is 120 Å². The Hall–Kier alpha value is -3.24. The van der Waals surface area contributed by atoms with Crippen LogP contribution in [0.2, 0.25) is 0 Å². The molecule has 0 aromatic carbocycles. The summed E-state index contributed by atoms with van der Waals surface area (Å²) < 4.78 is 80.4. The first-order valence-corrected chi connectivity index (χ1v) is 55.8. The Morgan fingerprint density at radius 2 is 0.597 bits per heavy atom. The number of nitrogens with one attached hydrogen (secondary N) is 2. The van der Waals surface area contributed by atoms with Crippen LogP contribution in [0.3, 0.4) is 0 Å². The molecule has 129 heavy (non-hydrogen) atoms. The van der Waals surface area contributed by atoms with E-state index < -0.39 is 176 Å². The lowest BCUT2D eigenvalue weighted by atomic mass is 9.95. The second-order valence-electron chi connectivity index (χ2n) is 37.6. The average molecular weight is 1880 g/mol. The first-order valence-electron chi connectivity index (χ1n) is 52.7. The quantitative estimate of drug-likeness (QED) is 0.0117. The van der Waals surface area contributed by atoms with Crippen LogP contribution in [0, 0.1) is 0 Å². The van der Waals surface area contributed by atoms with Crippen molar-refractivity contribution in [2.45, 2.75) is 590 Å². The van der Waals surface area contributed by atoms with Gasteiger partial charge in [-0.25, -0.2) is 9.13 Å². The molecule has 0 saturated carbocycles. The largest absolute Gasteiger partial charge is 0.472 e. The highest BCUT2D eigenvalue weighted by Gasteiger charge is 2.55. The molecular formula is C100H190N2O25P2. The number of carbonyl (C=O) groups excluding carboxylic acids is 6. The first kappa shape index (κ1) is 122. The van der Waals surface area contributed by atoms with Gasteiger partial charge in [-0.2, -0.15) is 0 Å². The minimum Gasteiger partial charge on any atom is -0.462 e. The Morgan fingerprint density at radius 3 is 0.938 bits per heavy atom. The van der Waals surface area contributed by atoms with Gasteiger partial charge in [-0.05, 0) is 51.4 Å². The number of aliphatic hydroxyl groups excluding tert-OH is 4. The van der Waals surface area contributed by atoms with Gasteiger partial charge in [0, 0.05) is 12.8 Å². The lowest BCUT2D eigenvalue weighted by molar-refractivity contribution is -0.297. The second-order valence-corrected chi connectivity index (χ2v) is 40.0. The summed E-state index contributed by atoms with van der Waals surface area (Å²) in [6, 6.07) is -3.86. The molecule has 0 aromatic rings. The molecule has 27 nitrogen and oxygen atoms in total. The summed E-state index contributed by atoms with van der Waals surface area (Å²) in [5.41, 5.74) is 0. The predicted molar refractivity (Wildman–Crippen MR) is 508 cm³/mol. The Kier molecular flexibility index (Phi) is 76.3. The first-order chi connectivity index (χ1) is 62.3. The van der Waals surface area contributed by atoms with Gasteiger partial charge in [-0.15, -0.1) is 0 Å². The molecule has 2 amide bonds. The fourth-order valence-electron chi connectivity index (χ4n) is 17.6. The van der Waals surface area contributed by atoms with Crippen molar-refractivity contribution in [3.05, 3.63) is 0 Å². The molecular weight excluding hydrogens is 1690 g/mol. The maximum Gasteiger partial charge on any atom is 0.472 e. The molecule has 0 aliphatic carbocycles. The van der Waals surface area contributed by atoms with Crippen molar-refractivity contribution in [1.82, 2.24) is 10.6 Å². The van der Waals surface area contributed by atoms with Crippen LogP contribution in [0.1, 0.15) is 504 Å². The van der Waals surface area contributed by atoms with E-state index in [4.69, 9.17) is 42.2 Å². The fraction of sp³-hybridized carbons (Fsp3) is 0.940. The molecule has 0 spiro atoms. The molecule has 2 aliphatic heterocycles. The normalized spacial score (nSPS) is 20.0. The van der Waals surface area contributed by atoms with E-state index in [0.717, 1.165) is 250 Å². The second kappa shape index (κ2) is 80.8. The molecule has 2 aliphatic rings. The maximum atomic E-state index is 15.2. The summed E-state index contributed by atoms with van der Waals surface area (Å²) >= 11 is 0. The van der Waals surface area contributed by atoms with E-state index in [-0.39, 0.29) is 38.5 Å². The van der Waals surface area contributed by atoms with Crippen LogP contribution in [-0.4, -0.2) is 175 Å². The van der Waals surface area contributed by atoms with Crippen molar-refractivity contribution in [1.29, 1.82) is 0 Å². The number of hydrogen-bond donors (Lipinski definition) is 10. The van der Waals surface area contributed by atoms with Gasteiger partial charge in [-0.1, -0.05) is 414 Å². The monoisotopic (exact) mass is 1880 g/mol. The SMILES string of the molecule is CCCCCCCCCCCCCCCC(=O)O[C@H](CCCCCCCCCCC)CC(=O)N[C@H]1[C@H](OC[C@H]2O[C@H](OP(=O)(O)O)[C@H](NC(=O)C[C@H](O)CCCCCCCCCCC)[C@@H](OC(=O)C[C@H](O)CCCCCCCCCCC)[C@@H]2O)O[C@H](CO)[C@@H](OP(=O)(O)O)[C@@H]1OC(=O)C[C@@H](CCCCCCCCCCC)OC(=O)CCCCCCCCCCCCCCC. The van der Waals surface area contributed by atoms with Crippen LogP contribution in [-0.2, 0) is 80.1 Å². The minimum atomic E-state index is -5.69. The Balaban J connectivity index is 2.82. The van der Waals surface area contributed by atoms with Crippen molar-refractivity contribution >= 4 is 51.3 Å². The van der Waals surface area contributed by atoms with Gasteiger partial charge in [0.2, 0.25) is 11.8 Å². The Morgan fingerprint density at radius 1 is 0.318 bits per heavy atom. The van der Waals surface area contributed by atoms with Gasteiger partial charge in [0.25, 0.3) is 0 Å². The van der Waals surface area contributed by atoms with E-state index in [1.54, 1.807) is 0 Å². The van der Waals surface area contributed by atoms with E-state index in [1.807, 2.05) is 0 Å². The third-order valence-corrected chi connectivity index (χ3v) is 26.4. The maximum absolute atomic E-state index is 15.2. The van der Waals surface area contributed by atoms with Crippen molar-refractivity contribution in [2.24, 2.45) is 0 Å². The molecule has 760 valence electrons. The smallest absolute Gasteiger partial charge is 0.462 e. The molecule has 2 rings (SSSR count). The number of rotatable bonds is 90. The number of ether oxygens (including phenoxy) is 7. The highest BCUT2D eigenvalue weighted by atomic mass is 31.2. The zero-order valence-electron chi connectivity index (χ0n) is 81.8. The number of amides is 2. The Bertz CT molecular complexity index is 2820. The summed E-state index contributed by atoms with van der Waals surface area (Å²) in [7, 11) is -11.4. The zero-order chi connectivity index (χ0) is 94.7. The number of phosphoric ester groups is 2. The summed E-state index contributed by atoms with van der Waals surface area (Å²) in [6.07, 6.45) is 42.0. The molecule has 0 bridgehead atoms. The van der Waals surface area contributed by atoms with Crippen LogP contribution in [0.25, 0.3) is 0 Å². The van der Waals surface area contributed by atoms with Gasteiger partial charge in [-0.3, -0.25) is 37.8 Å². The van der Waals surface area contributed by atoms with Crippen LogP contribution in [0.15, 0.2) is 0 Å². The van der Waals surface area contributed by atoms with Crippen LogP contribution in [0.4, 0.5) is 0 Å². The molecule has 14 atom stereocenters. The van der Waals surface area contributed by atoms with Crippen LogP contribution < -0.4 is 10.6 Å². The van der Waals surface area contributed by atoms with E-state index in [2.05, 4.69) is 52.2 Å². The molecule has 10 N–H and O–H groups in total. The topological polar surface area (TPSA) is 406 Å². The van der Waals surface area contributed by atoms with E-state index >= 15 is 9.59 Å². The lowest BCUT2D eigenvalue weighted by Crippen LogP contribution is -2.68. The van der Waals surface area contributed by atoms with Gasteiger partial charge in [0.05, 0.1) is 51.1 Å². The van der Waals surface area contributed by atoms with E-state index in [0.29, 0.717) is 38.5 Å². The standard InChI is InChI=1S/C100H190N2O25P2/c1-7-13-19-25-31-37-39-41-43-49-55-61-67-73-89(108)120-83(71-65-59-53-47-35-29-23-17-11-5)77-88(107)102-94-98(125-92(111)78-84(72-66-60-54-48-36-30-24-18-12-6)121-90(109)74-68-62-56-50-44-42-40-38-32-26-20-14-8-2)96(126-128(113,114)115)85(79-103)122-99(94)119-80-86-95(112)97(124-91(110)76-82(105)70-64-58-52-46-34-28-22-16-10-4)93(100(123-86)127-129(116,117)118)101-87(106)75-81(104)69-63-57-51-45-33-27-21-15-9-3/h81-86,93-100,103-105,112H,7-80H2,1-6H3,(H,101,106)(H,102,107)(H2,113,114,115)(H2,116,117,118)/t81-,82-,83-,84-,85-,86-,93-,94-,95-,96-,97-,98-,99-,100-/m1/s1.